The first-order chi connectivity index (χ1) is 11.5. The third-order valence-electron chi connectivity index (χ3n) is 4.34. The quantitative estimate of drug-likeness (QED) is 0.804. The van der Waals surface area contributed by atoms with Gasteiger partial charge in [0.25, 0.3) is 0 Å². The fraction of sp³-hybridized carbons (Fsp3) is 0.579. The van der Waals surface area contributed by atoms with Crippen LogP contribution in [0.4, 0.5) is 0 Å². The van der Waals surface area contributed by atoms with Gasteiger partial charge >= 0.3 is 5.97 Å². The number of carbonyl (C=O) groups excluding carboxylic acids is 1. The zero-order valence-electron chi connectivity index (χ0n) is 14.5. The number of amides is 1. The Kier molecular flexibility index (Phi) is 6.79. The van der Waals surface area contributed by atoms with Crippen LogP contribution in [0.5, 0.6) is 0 Å². The number of carboxylic acid groups (broad SMARTS) is 1. The molecule has 1 aliphatic heterocycles. The molecule has 1 aromatic carbocycles. The Morgan fingerprint density at radius 2 is 2.08 bits per heavy atom. The van der Waals surface area contributed by atoms with Crippen molar-refractivity contribution in [2.45, 2.75) is 58.1 Å². The molecule has 0 saturated carbocycles. The Bertz CT molecular complexity index is 570. The van der Waals surface area contributed by atoms with E-state index in [0.29, 0.717) is 30.9 Å². The molecule has 0 aliphatic carbocycles. The summed E-state index contributed by atoms with van der Waals surface area (Å²) in [5.74, 6) is -0.394. The second-order valence-electron chi connectivity index (χ2n) is 6.87. The zero-order chi connectivity index (χ0) is 17.5. The van der Waals surface area contributed by atoms with Gasteiger partial charge in [-0.2, -0.15) is 0 Å². The van der Waals surface area contributed by atoms with Crippen molar-refractivity contribution >= 4 is 11.9 Å². The maximum atomic E-state index is 12.2. The van der Waals surface area contributed by atoms with Gasteiger partial charge in [0.2, 0.25) is 5.91 Å². The monoisotopic (exact) mass is 333 g/mol. The molecule has 5 heteroatoms. The van der Waals surface area contributed by atoms with Crippen LogP contribution >= 0.6 is 0 Å². The number of nitrogens with one attached hydrogen (secondary N) is 1. The largest absolute Gasteiger partial charge is 0.478 e. The summed E-state index contributed by atoms with van der Waals surface area (Å²) < 4.78 is 5.76. The molecule has 2 unspecified atom stereocenters. The van der Waals surface area contributed by atoms with Crippen molar-refractivity contribution in [3.8, 4) is 0 Å². The number of hydrogen-bond donors (Lipinski definition) is 2. The first-order valence-electron chi connectivity index (χ1n) is 8.68. The molecule has 0 aromatic heterocycles. The summed E-state index contributed by atoms with van der Waals surface area (Å²) in [5, 5.41) is 12.3. The molecule has 0 spiro atoms. The molecule has 0 bridgehead atoms. The van der Waals surface area contributed by atoms with E-state index in [-0.39, 0.29) is 23.6 Å². The smallest absolute Gasteiger partial charge is 0.335 e. The minimum atomic E-state index is -0.952. The highest BCUT2D eigenvalue weighted by Crippen LogP contribution is 2.20. The zero-order valence-corrected chi connectivity index (χ0v) is 14.5. The van der Waals surface area contributed by atoms with Gasteiger partial charge in [0.1, 0.15) is 0 Å². The van der Waals surface area contributed by atoms with Crippen LogP contribution in [0, 0.1) is 5.92 Å². The van der Waals surface area contributed by atoms with Crippen molar-refractivity contribution in [3.05, 3.63) is 35.4 Å². The highest BCUT2D eigenvalue weighted by molar-refractivity contribution is 5.89. The molecule has 2 rings (SSSR count). The summed E-state index contributed by atoms with van der Waals surface area (Å²) >= 11 is 0. The summed E-state index contributed by atoms with van der Waals surface area (Å²) in [6.45, 7) is 5.03. The topological polar surface area (TPSA) is 75.6 Å². The van der Waals surface area contributed by atoms with Gasteiger partial charge in [-0.25, -0.2) is 4.79 Å². The summed E-state index contributed by atoms with van der Waals surface area (Å²) in [6, 6.07) is 7.00. The highest BCUT2D eigenvalue weighted by Gasteiger charge is 2.24. The first-order valence-corrected chi connectivity index (χ1v) is 8.68. The molecule has 1 heterocycles. The van der Waals surface area contributed by atoms with E-state index in [1.807, 2.05) is 0 Å². The number of benzene rings is 1. The average molecular weight is 333 g/mol. The summed E-state index contributed by atoms with van der Waals surface area (Å²) in [6.07, 6.45) is 3.67. The van der Waals surface area contributed by atoms with Crippen LogP contribution < -0.4 is 5.32 Å². The van der Waals surface area contributed by atoms with Crippen LogP contribution in [-0.4, -0.2) is 35.7 Å². The highest BCUT2D eigenvalue weighted by atomic mass is 16.5. The standard InChI is InChI=1S/C19H27NO4/c1-13(2)11-16-12-15(9-10-24-16)20-18(21)8-7-14-5-3-4-6-17(14)19(22)23/h3-6,13,15-16H,7-12H2,1-2H3,(H,20,21)(H,22,23). The van der Waals surface area contributed by atoms with Crippen LogP contribution in [0.2, 0.25) is 0 Å². The van der Waals surface area contributed by atoms with Gasteiger partial charge in [0.15, 0.2) is 0 Å². The van der Waals surface area contributed by atoms with Gasteiger partial charge in [-0.3, -0.25) is 4.79 Å². The predicted molar refractivity (Wildman–Crippen MR) is 92.1 cm³/mol. The lowest BCUT2D eigenvalue weighted by Gasteiger charge is -2.31. The number of ether oxygens (including phenoxy) is 1. The molecular weight excluding hydrogens is 306 g/mol. The Morgan fingerprint density at radius 3 is 2.79 bits per heavy atom. The Hall–Kier alpha value is -1.88. The van der Waals surface area contributed by atoms with Gasteiger partial charge < -0.3 is 15.2 Å². The van der Waals surface area contributed by atoms with Crippen LogP contribution in [0.3, 0.4) is 0 Å². The summed E-state index contributed by atoms with van der Waals surface area (Å²) in [4.78, 5) is 23.4. The molecule has 2 atom stereocenters. The van der Waals surface area contributed by atoms with E-state index in [0.717, 1.165) is 19.3 Å². The molecule has 132 valence electrons. The van der Waals surface area contributed by atoms with Crippen molar-refractivity contribution in [2.75, 3.05) is 6.61 Å². The second-order valence-corrected chi connectivity index (χ2v) is 6.87. The fourth-order valence-corrected chi connectivity index (χ4v) is 3.20. The number of hydrogen-bond acceptors (Lipinski definition) is 3. The van der Waals surface area contributed by atoms with Crippen LogP contribution in [0.25, 0.3) is 0 Å². The van der Waals surface area contributed by atoms with Gasteiger partial charge in [0.05, 0.1) is 11.7 Å². The maximum Gasteiger partial charge on any atom is 0.335 e. The van der Waals surface area contributed by atoms with Gasteiger partial charge in [-0.1, -0.05) is 32.0 Å². The predicted octanol–water partition coefficient (Wildman–Crippen LogP) is 3.03. The number of aromatic carboxylic acids is 1. The number of carbonyl (C=O) groups is 2. The van der Waals surface area contributed by atoms with E-state index in [1.165, 1.54) is 0 Å². The Balaban J connectivity index is 1.82. The van der Waals surface area contributed by atoms with Gasteiger partial charge in [-0.15, -0.1) is 0 Å². The lowest BCUT2D eigenvalue weighted by atomic mass is 9.96. The maximum absolute atomic E-state index is 12.2. The van der Waals surface area contributed by atoms with Crippen LogP contribution in [-0.2, 0) is 16.0 Å². The molecule has 1 aliphatic rings. The molecule has 24 heavy (non-hydrogen) atoms. The van der Waals surface area contributed by atoms with E-state index in [1.54, 1.807) is 24.3 Å². The summed E-state index contributed by atoms with van der Waals surface area (Å²) in [7, 11) is 0. The second kappa shape index (κ2) is 8.83. The van der Waals surface area contributed by atoms with Crippen molar-refractivity contribution in [2.24, 2.45) is 5.92 Å². The van der Waals surface area contributed by atoms with Crippen molar-refractivity contribution in [1.29, 1.82) is 0 Å². The third-order valence-corrected chi connectivity index (χ3v) is 4.34. The van der Waals surface area contributed by atoms with E-state index >= 15 is 0 Å². The molecule has 1 aromatic rings. The van der Waals surface area contributed by atoms with Gasteiger partial charge in [0, 0.05) is 19.1 Å². The van der Waals surface area contributed by atoms with Crippen LogP contribution in [0.1, 0.15) is 55.5 Å². The van der Waals surface area contributed by atoms with E-state index in [2.05, 4.69) is 19.2 Å². The molecular formula is C19H27NO4. The third kappa shape index (κ3) is 5.64. The van der Waals surface area contributed by atoms with Crippen molar-refractivity contribution in [3.63, 3.8) is 0 Å². The van der Waals surface area contributed by atoms with Crippen molar-refractivity contribution in [1.82, 2.24) is 5.32 Å². The number of carboxylic acids is 1. The fourth-order valence-electron chi connectivity index (χ4n) is 3.20. The molecule has 2 N–H and O–H groups in total. The molecule has 1 saturated heterocycles. The Morgan fingerprint density at radius 1 is 1.33 bits per heavy atom. The van der Waals surface area contributed by atoms with Gasteiger partial charge in [-0.05, 0) is 43.2 Å². The average Bonchev–Trinajstić information content (AvgIpc) is 2.53. The SMILES string of the molecule is CC(C)CC1CC(NC(=O)CCc2ccccc2C(=O)O)CCO1. The van der Waals surface area contributed by atoms with E-state index in [9.17, 15) is 14.7 Å². The molecule has 5 nitrogen and oxygen atoms in total. The number of rotatable bonds is 7. The molecule has 1 fully saturated rings. The van der Waals surface area contributed by atoms with E-state index < -0.39 is 5.97 Å². The Labute approximate surface area is 143 Å². The van der Waals surface area contributed by atoms with Crippen molar-refractivity contribution < 1.29 is 19.4 Å². The minimum Gasteiger partial charge on any atom is -0.478 e. The molecule has 0 radical (unpaired) electrons. The normalized spacial score (nSPS) is 20.8. The molecule has 1 amide bonds. The first kappa shape index (κ1) is 18.5. The van der Waals surface area contributed by atoms with E-state index in [4.69, 9.17) is 4.74 Å². The lowest BCUT2D eigenvalue weighted by molar-refractivity contribution is -0.122. The van der Waals surface area contributed by atoms with Crippen LogP contribution in [0.15, 0.2) is 24.3 Å². The lowest BCUT2D eigenvalue weighted by Crippen LogP contribution is -2.42. The number of aryl methyl sites for hydroxylation is 1. The minimum absolute atomic E-state index is 0.0228. The summed E-state index contributed by atoms with van der Waals surface area (Å²) in [5.41, 5.74) is 0.971.